The fraction of sp³-hybridized carbons (Fsp3) is 0.179. The molecule has 4 aromatic rings. The van der Waals surface area contributed by atoms with Crippen LogP contribution in [0.15, 0.2) is 79.0 Å². The Morgan fingerprint density at radius 3 is 2.21 bits per heavy atom. The van der Waals surface area contributed by atoms with E-state index in [0.29, 0.717) is 16.7 Å². The minimum absolute atomic E-state index is 0.155. The van der Waals surface area contributed by atoms with Crippen molar-refractivity contribution in [2.45, 2.75) is 26.5 Å². The molecule has 3 aromatic carbocycles. The molecule has 29 heavy (non-hydrogen) atoms. The molecule has 0 bridgehead atoms. The van der Waals surface area contributed by atoms with Crippen LogP contribution in [0.2, 0.25) is 0 Å². The van der Waals surface area contributed by atoms with Gasteiger partial charge < -0.3 is 0 Å². The maximum absolute atomic E-state index is 8.93. The zero-order chi connectivity index (χ0) is 26.0. The molecule has 0 fully saturated rings. The van der Waals surface area contributed by atoms with E-state index >= 15 is 0 Å². The van der Waals surface area contributed by atoms with E-state index < -0.39 is 19.6 Å². The maximum Gasteiger partial charge on any atom is 0.213 e. The molecule has 142 valence electrons. The second kappa shape index (κ2) is 7.00. The lowest BCUT2D eigenvalue weighted by atomic mass is 9.84. The Hall–Kier alpha value is -3.19. The zero-order valence-corrected chi connectivity index (χ0v) is 16.5. The van der Waals surface area contributed by atoms with E-state index in [4.69, 9.17) is 9.60 Å². The van der Waals surface area contributed by atoms with Crippen LogP contribution in [-0.2, 0) is 19.8 Å². The molecule has 0 amide bonds. The van der Waals surface area contributed by atoms with Crippen molar-refractivity contribution in [3.05, 3.63) is 112 Å². The summed E-state index contributed by atoms with van der Waals surface area (Å²) in [6, 6.07) is 21.3. The average Bonchev–Trinajstić information content (AvgIpc) is 2.83. The van der Waals surface area contributed by atoms with Crippen molar-refractivity contribution in [3.8, 4) is 22.4 Å². The number of pyridine rings is 1. The number of fused-ring (bicyclic) bond motifs is 2. The summed E-state index contributed by atoms with van der Waals surface area (Å²) in [5, 5.41) is 0. The van der Waals surface area contributed by atoms with Crippen molar-refractivity contribution >= 4 is 0 Å². The van der Waals surface area contributed by atoms with Gasteiger partial charge in [0.15, 0.2) is 6.20 Å². The van der Waals surface area contributed by atoms with E-state index in [1.54, 1.807) is 53.2 Å². The topological polar surface area (TPSA) is 3.88 Å². The minimum atomic E-state index is -2.40. The lowest BCUT2D eigenvalue weighted by Gasteiger charge is -2.20. The molecule has 0 unspecified atom stereocenters. The Morgan fingerprint density at radius 1 is 0.759 bits per heavy atom. The Balaban J connectivity index is 1.78. The Morgan fingerprint density at radius 2 is 1.45 bits per heavy atom. The molecule has 1 aliphatic rings. The van der Waals surface area contributed by atoms with E-state index in [0.717, 1.165) is 16.8 Å². The van der Waals surface area contributed by atoms with Gasteiger partial charge in [-0.1, -0.05) is 60.7 Å². The second-order valence-electron chi connectivity index (χ2n) is 7.47. The number of hydrogen-bond donors (Lipinski definition) is 0. The lowest BCUT2D eigenvalue weighted by molar-refractivity contribution is -0.660. The molecular weight excluding hydrogens is 350 g/mol. The number of aromatic nitrogens is 1. The van der Waals surface area contributed by atoms with Gasteiger partial charge in [0.1, 0.15) is 7.05 Å². The highest BCUT2D eigenvalue weighted by molar-refractivity contribution is 5.73. The second-order valence-corrected chi connectivity index (χ2v) is 7.47. The predicted molar refractivity (Wildman–Crippen MR) is 120 cm³/mol. The molecule has 0 N–H and O–H groups in total. The van der Waals surface area contributed by atoms with Gasteiger partial charge in [0.05, 0.1) is 0 Å². The highest BCUT2D eigenvalue weighted by Crippen LogP contribution is 2.33. The van der Waals surface area contributed by atoms with Gasteiger partial charge in [-0.3, -0.25) is 0 Å². The monoisotopic (exact) mass is 383 g/mol. The van der Waals surface area contributed by atoms with E-state index in [1.165, 1.54) is 0 Å². The highest BCUT2D eigenvalue weighted by Gasteiger charge is 2.19. The minimum Gasteiger partial charge on any atom is -0.201 e. The smallest absolute Gasteiger partial charge is 0.201 e. The highest BCUT2D eigenvalue weighted by atomic mass is 14.9. The number of hydrogen-bond acceptors (Lipinski definition) is 0. The molecule has 0 spiro atoms. The van der Waals surface area contributed by atoms with Crippen molar-refractivity contribution in [1.82, 2.24) is 0 Å². The average molecular weight is 384 g/mol. The van der Waals surface area contributed by atoms with Crippen LogP contribution in [0.1, 0.15) is 43.0 Å². The first-order chi connectivity index (χ1) is 16.8. The van der Waals surface area contributed by atoms with Crippen molar-refractivity contribution in [3.63, 3.8) is 0 Å². The molecule has 0 atom stereocenters. The molecule has 0 aliphatic heterocycles. The van der Waals surface area contributed by atoms with E-state index in [-0.39, 0.29) is 22.3 Å². The molecule has 1 heteroatoms. The van der Waals surface area contributed by atoms with Crippen molar-refractivity contribution < 1.29 is 14.2 Å². The van der Waals surface area contributed by atoms with E-state index in [2.05, 4.69) is 0 Å². The van der Waals surface area contributed by atoms with Crippen LogP contribution in [-0.4, -0.2) is 0 Å². The molecule has 1 heterocycles. The zero-order valence-electron chi connectivity index (χ0n) is 23.5. The largest absolute Gasteiger partial charge is 0.213 e. The SMILES string of the molecule is [2H]C([2H])([2H])c1c[n+](C)c(-c2ccccc2C)cc1-c1ccc2c(c1)C([2H])([2H])c1ccccc1C2([2H])[2H]. The maximum atomic E-state index is 8.93. The van der Waals surface area contributed by atoms with Crippen molar-refractivity contribution in [2.75, 3.05) is 0 Å². The first-order valence-electron chi connectivity index (χ1n) is 13.2. The van der Waals surface area contributed by atoms with Crippen LogP contribution >= 0.6 is 0 Å². The number of benzene rings is 3. The summed E-state index contributed by atoms with van der Waals surface area (Å²) in [6.45, 7) is -0.396. The van der Waals surface area contributed by atoms with Gasteiger partial charge in [0.2, 0.25) is 5.69 Å². The van der Waals surface area contributed by atoms with Gasteiger partial charge in [-0.15, -0.1) is 0 Å². The van der Waals surface area contributed by atoms with Gasteiger partial charge >= 0.3 is 0 Å². The Bertz CT molecular complexity index is 1500. The predicted octanol–water partition coefficient (Wildman–Crippen LogP) is 5.96. The third-order valence-corrected chi connectivity index (χ3v) is 5.49. The normalized spacial score (nSPS) is 19.9. The number of aryl methyl sites for hydroxylation is 3. The van der Waals surface area contributed by atoms with Crippen LogP contribution in [0.5, 0.6) is 0 Å². The number of nitrogens with zero attached hydrogens (tertiary/aromatic N) is 1. The fourth-order valence-electron chi connectivity index (χ4n) is 3.93. The molecule has 1 nitrogen and oxygen atoms in total. The summed E-state index contributed by atoms with van der Waals surface area (Å²) in [5.74, 6) is 0. The van der Waals surface area contributed by atoms with E-state index in [9.17, 15) is 0 Å². The van der Waals surface area contributed by atoms with Crippen LogP contribution in [0.3, 0.4) is 0 Å². The van der Waals surface area contributed by atoms with Gasteiger partial charge in [-0.25, -0.2) is 4.57 Å². The molecular formula is C28H26N+. The van der Waals surface area contributed by atoms with Gasteiger partial charge in [0, 0.05) is 26.8 Å². The van der Waals surface area contributed by atoms with E-state index in [1.807, 2.05) is 44.3 Å². The third kappa shape index (κ3) is 3.17. The Labute approximate surface area is 183 Å². The first kappa shape index (κ1) is 11.7. The standard InChI is InChI=1S/C28H26N/c1-19-8-4-7-11-26(19)28-17-27(20(2)18-29(28)3)24-13-12-23-14-21-9-5-6-10-22(21)15-25(23)16-24/h4-13,16-18H,14-15H2,1-3H3/q+1/i2D3,14D2,15D2. The first-order valence-corrected chi connectivity index (χ1v) is 9.69. The molecule has 0 saturated heterocycles. The summed E-state index contributed by atoms with van der Waals surface area (Å²) in [5.41, 5.74) is 5.09. The summed E-state index contributed by atoms with van der Waals surface area (Å²) in [6.07, 6.45) is -2.20. The summed E-state index contributed by atoms with van der Waals surface area (Å²) >= 11 is 0. The van der Waals surface area contributed by atoms with Gasteiger partial charge in [-0.05, 0) is 71.5 Å². The van der Waals surface area contributed by atoms with Crippen LogP contribution < -0.4 is 4.57 Å². The van der Waals surface area contributed by atoms with Crippen LogP contribution in [0.4, 0.5) is 0 Å². The van der Waals surface area contributed by atoms with Gasteiger partial charge in [0.25, 0.3) is 0 Å². The molecule has 1 aromatic heterocycles. The number of rotatable bonds is 2. The van der Waals surface area contributed by atoms with Gasteiger partial charge in [-0.2, -0.15) is 0 Å². The molecule has 5 rings (SSSR count). The third-order valence-electron chi connectivity index (χ3n) is 5.49. The van der Waals surface area contributed by atoms with Crippen LogP contribution in [0.25, 0.3) is 22.4 Å². The van der Waals surface area contributed by atoms with Crippen molar-refractivity contribution in [2.24, 2.45) is 7.05 Å². The molecule has 0 saturated carbocycles. The molecule has 0 radical (unpaired) electrons. The van der Waals surface area contributed by atoms with Crippen LogP contribution in [0, 0.1) is 13.8 Å². The summed E-state index contributed by atoms with van der Waals surface area (Å²) in [4.78, 5) is 0. The lowest BCUT2D eigenvalue weighted by Crippen LogP contribution is -2.31. The quantitative estimate of drug-likeness (QED) is 0.376. The van der Waals surface area contributed by atoms with Crippen molar-refractivity contribution in [1.29, 1.82) is 0 Å². The molecule has 1 aliphatic carbocycles. The summed E-state index contributed by atoms with van der Waals surface area (Å²) in [7, 11) is 1.82. The Kier molecular flexibility index (Phi) is 2.83. The summed E-state index contributed by atoms with van der Waals surface area (Å²) < 4.78 is 61.8. The fourth-order valence-corrected chi connectivity index (χ4v) is 3.93.